The second-order valence-electron chi connectivity index (χ2n) is 3.92. The molecule has 0 amide bonds. The Balaban J connectivity index is 0.000000312. The summed E-state index contributed by atoms with van der Waals surface area (Å²) in [5, 5.41) is 18.3. The molecule has 0 atom stereocenters. The molecule has 3 aromatic rings. The third kappa shape index (κ3) is 9.73. The zero-order valence-electron chi connectivity index (χ0n) is 12.4. The fraction of sp³-hybridized carbons (Fsp3) is 0. The van der Waals surface area contributed by atoms with Crippen molar-refractivity contribution in [1.29, 1.82) is 0 Å². The van der Waals surface area contributed by atoms with Gasteiger partial charge in [-0.3, -0.25) is 10.4 Å². The summed E-state index contributed by atoms with van der Waals surface area (Å²) in [5.41, 5.74) is 0. The van der Waals surface area contributed by atoms with Gasteiger partial charge in [-0.1, -0.05) is 48.5 Å². The van der Waals surface area contributed by atoms with Crippen molar-refractivity contribution in [3.8, 4) is 0 Å². The van der Waals surface area contributed by atoms with Crippen LogP contribution in [-0.4, -0.2) is 10.4 Å². The van der Waals surface area contributed by atoms with Crippen molar-refractivity contribution in [3.63, 3.8) is 0 Å². The van der Waals surface area contributed by atoms with Crippen molar-refractivity contribution in [1.82, 2.24) is 0 Å². The molecule has 116 valence electrons. The molecule has 0 aliphatic rings. The van der Waals surface area contributed by atoms with E-state index in [1.54, 1.807) is 36.4 Å². The summed E-state index contributed by atoms with van der Waals surface area (Å²) in [6, 6.07) is 22.3. The average molecular weight is 398 g/mol. The maximum absolute atomic E-state index is 8.73. The predicted molar refractivity (Wildman–Crippen MR) is 85.3 cm³/mol. The van der Waals surface area contributed by atoms with Gasteiger partial charge in [-0.15, -0.1) is 0 Å². The van der Waals surface area contributed by atoms with Gasteiger partial charge in [0.1, 0.15) is 10.1 Å². The van der Waals surface area contributed by atoms with Crippen LogP contribution in [-0.2, 0) is 44.7 Å². The minimum Gasteiger partial charge on any atom is -0.705 e. The summed E-state index contributed by atoms with van der Waals surface area (Å²) in [6.45, 7) is 0. The maximum atomic E-state index is 8.73. The molecule has 0 saturated heterocycles. The second kappa shape index (κ2) is 12.7. The topological polar surface area (TPSA) is 48.2 Å². The van der Waals surface area contributed by atoms with Gasteiger partial charge in [0.25, 0.3) is 0 Å². The van der Waals surface area contributed by atoms with Crippen LogP contribution in [0.3, 0.4) is 0 Å². The smallest absolute Gasteiger partial charge is 0.220 e. The van der Waals surface area contributed by atoms with Gasteiger partial charge < -0.3 is 25.3 Å². The molecule has 7 heteroatoms. The standard InChI is InChI=1S/C6H6.2C5H5NOS.Zn/c1-2-4-6-5-3-1;2*7-6-4-2-1-3-5(6)8;/h1-6H;2*1-4,7H;. The van der Waals surface area contributed by atoms with Crippen LogP contribution >= 0.6 is 0 Å². The first-order valence-corrected chi connectivity index (χ1v) is 7.17. The van der Waals surface area contributed by atoms with Crippen LogP contribution in [0.25, 0.3) is 0 Å². The number of benzene rings is 1. The van der Waals surface area contributed by atoms with E-state index >= 15 is 0 Å². The van der Waals surface area contributed by atoms with Gasteiger partial charge in [-0.25, -0.2) is 0 Å². The van der Waals surface area contributed by atoms with Gasteiger partial charge in [0, 0.05) is 31.6 Å². The summed E-state index contributed by atoms with van der Waals surface area (Å²) in [6.07, 6.45) is 2.98. The van der Waals surface area contributed by atoms with Gasteiger partial charge in [0.2, 0.25) is 12.4 Å². The van der Waals surface area contributed by atoms with Gasteiger partial charge in [0.05, 0.1) is 0 Å². The molecule has 2 aromatic heterocycles. The van der Waals surface area contributed by atoms with E-state index in [4.69, 9.17) is 10.4 Å². The Morgan fingerprint density at radius 3 is 1.04 bits per heavy atom. The molecule has 0 bridgehead atoms. The minimum atomic E-state index is 0. The average Bonchev–Trinajstić information content (AvgIpc) is 2.56. The summed E-state index contributed by atoms with van der Waals surface area (Å²) >= 11 is 9.33. The van der Waals surface area contributed by atoms with Crippen molar-refractivity contribution in [2.45, 2.75) is 10.1 Å². The second-order valence-corrected chi connectivity index (χ2v) is 4.76. The van der Waals surface area contributed by atoms with Gasteiger partial charge in [-0.05, 0) is 21.6 Å². The summed E-state index contributed by atoms with van der Waals surface area (Å²) in [5.74, 6) is 0. The predicted octanol–water partition coefficient (Wildman–Crippen LogP) is 1.92. The van der Waals surface area contributed by atoms with Crippen molar-refractivity contribution in [2.75, 3.05) is 0 Å². The quantitative estimate of drug-likeness (QED) is 0.263. The van der Waals surface area contributed by atoms with Crippen LogP contribution in [0.4, 0.5) is 0 Å². The number of pyridine rings is 2. The first-order chi connectivity index (χ1) is 10.6. The van der Waals surface area contributed by atoms with Crippen molar-refractivity contribution >= 4 is 25.3 Å². The minimum absolute atomic E-state index is 0. The fourth-order valence-electron chi connectivity index (χ4n) is 1.22. The number of rotatable bonds is 0. The summed E-state index contributed by atoms with van der Waals surface area (Å²) < 4.78 is 1.80. The third-order valence-corrected chi connectivity index (χ3v) is 2.92. The van der Waals surface area contributed by atoms with Crippen LogP contribution in [0.2, 0.25) is 0 Å². The van der Waals surface area contributed by atoms with E-state index in [-0.39, 0.29) is 19.5 Å². The molecule has 1 aromatic carbocycles. The molecule has 23 heavy (non-hydrogen) atoms. The van der Waals surface area contributed by atoms with Crippen LogP contribution < -0.4 is 9.46 Å². The summed E-state index contributed by atoms with van der Waals surface area (Å²) in [7, 11) is 0. The Labute approximate surface area is 159 Å². The Kier molecular flexibility index (Phi) is 11.7. The van der Waals surface area contributed by atoms with E-state index in [1.807, 2.05) is 36.4 Å². The molecule has 0 spiro atoms. The molecule has 0 aliphatic carbocycles. The van der Waals surface area contributed by atoms with E-state index in [1.165, 1.54) is 12.4 Å². The van der Waals surface area contributed by atoms with E-state index in [2.05, 4.69) is 25.3 Å². The van der Waals surface area contributed by atoms with Gasteiger partial charge in [0.15, 0.2) is 0 Å². The molecule has 0 aliphatic heterocycles. The first kappa shape index (κ1) is 21.2. The van der Waals surface area contributed by atoms with Crippen LogP contribution in [0, 0.1) is 0 Å². The zero-order valence-corrected chi connectivity index (χ0v) is 17.0. The monoisotopic (exact) mass is 396 g/mol. The van der Waals surface area contributed by atoms with E-state index in [0.29, 0.717) is 10.1 Å². The molecule has 4 nitrogen and oxygen atoms in total. The molecular weight excluding hydrogens is 382 g/mol. The normalized spacial score (nSPS) is 8.35. The van der Waals surface area contributed by atoms with Crippen molar-refractivity contribution in [2.24, 2.45) is 0 Å². The van der Waals surface area contributed by atoms with Crippen LogP contribution in [0.5, 0.6) is 0 Å². The fourth-order valence-corrected chi connectivity index (χ4v) is 1.50. The zero-order chi connectivity index (χ0) is 16.2. The number of hydrogen-bond acceptors (Lipinski definition) is 4. The molecule has 3 rings (SSSR count). The van der Waals surface area contributed by atoms with E-state index < -0.39 is 0 Å². The van der Waals surface area contributed by atoms with Gasteiger partial charge >= 0.3 is 0 Å². The van der Waals surface area contributed by atoms with E-state index in [9.17, 15) is 0 Å². The van der Waals surface area contributed by atoms with Crippen molar-refractivity contribution < 1.29 is 39.4 Å². The van der Waals surface area contributed by atoms with Gasteiger partial charge in [-0.2, -0.15) is 0 Å². The number of nitrogens with zero attached hydrogens (tertiary/aromatic N) is 2. The molecule has 0 unspecified atom stereocenters. The molecule has 2 N–H and O–H groups in total. The Bertz CT molecular complexity index is 561. The first-order valence-electron chi connectivity index (χ1n) is 6.35. The molecule has 2 heterocycles. The Morgan fingerprint density at radius 1 is 0.565 bits per heavy atom. The van der Waals surface area contributed by atoms with Crippen LogP contribution in [0.15, 0.2) is 95.2 Å². The molecule has 0 radical (unpaired) electrons. The molecule has 0 saturated carbocycles. The Morgan fingerprint density at radius 2 is 0.870 bits per heavy atom. The maximum Gasteiger partial charge on any atom is 0.220 e. The largest absolute Gasteiger partial charge is 0.705 e. The van der Waals surface area contributed by atoms with Crippen LogP contribution in [0.1, 0.15) is 0 Å². The SMILES string of the molecule is O[n+]1ccccc1[S-].O[n+]1ccccc1[S-].[Zn].c1ccccc1. The Hall–Kier alpha value is -1.82. The number of aromatic nitrogens is 2. The van der Waals surface area contributed by atoms with Crippen molar-refractivity contribution in [3.05, 3.63) is 85.2 Å². The summed E-state index contributed by atoms with van der Waals surface area (Å²) in [4.78, 5) is 0. The molecular formula is C16H16N2O2S2Zn. The van der Waals surface area contributed by atoms with E-state index in [0.717, 1.165) is 9.46 Å². The third-order valence-electron chi connectivity index (χ3n) is 2.27. The number of hydrogen-bond donors (Lipinski definition) is 2. The molecule has 0 fully saturated rings.